The molecule has 0 fully saturated rings. The molecule has 1 N–H and O–H groups in total. The zero-order valence-electron chi connectivity index (χ0n) is 8.27. The number of hydrogen-bond acceptors (Lipinski definition) is 2. The van der Waals surface area contributed by atoms with Gasteiger partial charge in [0.25, 0.3) is 0 Å². The Morgan fingerprint density at radius 1 is 1.46 bits per heavy atom. The molecule has 72 valence electrons. The summed E-state index contributed by atoms with van der Waals surface area (Å²) in [5.74, 6) is 0.349. The van der Waals surface area contributed by atoms with E-state index in [1.165, 1.54) is 0 Å². The molecule has 0 aliphatic heterocycles. The topological polar surface area (TPSA) is 33.1 Å². The third kappa shape index (κ3) is 3.15. The van der Waals surface area contributed by atoms with Crippen LogP contribution in [0.3, 0.4) is 0 Å². The van der Waals surface area contributed by atoms with Crippen molar-refractivity contribution in [2.75, 3.05) is 0 Å². The van der Waals surface area contributed by atoms with Gasteiger partial charge in [-0.3, -0.25) is 4.98 Å². The molecule has 0 aliphatic rings. The molecule has 2 heteroatoms. The van der Waals surface area contributed by atoms with Crippen LogP contribution in [0.5, 0.6) is 0 Å². The first-order valence-electron chi connectivity index (χ1n) is 4.82. The molecule has 0 amide bonds. The summed E-state index contributed by atoms with van der Waals surface area (Å²) in [6, 6.07) is 5.79. The van der Waals surface area contributed by atoms with Crippen LogP contribution in [0.4, 0.5) is 0 Å². The second-order valence-corrected chi connectivity index (χ2v) is 3.48. The van der Waals surface area contributed by atoms with Crippen molar-refractivity contribution in [3.05, 3.63) is 30.1 Å². The number of hydrogen-bond donors (Lipinski definition) is 1. The van der Waals surface area contributed by atoms with Gasteiger partial charge in [0.2, 0.25) is 0 Å². The van der Waals surface area contributed by atoms with Crippen LogP contribution < -0.4 is 0 Å². The van der Waals surface area contributed by atoms with E-state index in [1.807, 2.05) is 18.2 Å². The third-order valence-electron chi connectivity index (χ3n) is 2.45. The van der Waals surface area contributed by atoms with Gasteiger partial charge in [-0.05, 0) is 18.1 Å². The average molecular weight is 179 g/mol. The maximum atomic E-state index is 9.73. The Kier molecular flexibility index (Phi) is 3.90. The average Bonchev–Trinajstić information content (AvgIpc) is 2.18. The van der Waals surface area contributed by atoms with Crippen LogP contribution in [0.2, 0.25) is 0 Å². The van der Waals surface area contributed by atoms with Crippen LogP contribution in [0.1, 0.15) is 26.0 Å². The van der Waals surface area contributed by atoms with Crippen LogP contribution in [0, 0.1) is 5.92 Å². The maximum Gasteiger partial charge on any atom is 0.0621 e. The van der Waals surface area contributed by atoms with E-state index in [0.29, 0.717) is 12.3 Å². The second kappa shape index (κ2) is 4.97. The Morgan fingerprint density at radius 3 is 2.77 bits per heavy atom. The Labute approximate surface area is 79.6 Å². The summed E-state index contributed by atoms with van der Waals surface area (Å²) in [5.41, 5.74) is 0.968. The molecule has 0 spiro atoms. The van der Waals surface area contributed by atoms with Gasteiger partial charge in [0.1, 0.15) is 0 Å². The predicted molar refractivity (Wildman–Crippen MR) is 53.4 cm³/mol. The van der Waals surface area contributed by atoms with Crippen LogP contribution >= 0.6 is 0 Å². The van der Waals surface area contributed by atoms with Gasteiger partial charge in [0.15, 0.2) is 0 Å². The van der Waals surface area contributed by atoms with Crippen molar-refractivity contribution in [1.82, 2.24) is 4.98 Å². The van der Waals surface area contributed by atoms with E-state index >= 15 is 0 Å². The lowest BCUT2D eigenvalue weighted by molar-refractivity contribution is 0.114. The van der Waals surface area contributed by atoms with Gasteiger partial charge in [0.05, 0.1) is 6.10 Å². The Hall–Kier alpha value is -0.890. The van der Waals surface area contributed by atoms with E-state index in [0.717, 1.165) is 12.1 Å². The SMILES string of the molecule is CCC(C)C(O)Cc1ccccn1. The maximum absolute atomic E-state index is 9.73. The first-order valence-corrected chi connectivity index (χ1v) is 4.82. The van der Waals surface area contributed by atoms with Gasteiger partial charge in [-0.25, -0.2) is 0 Å². The number of aliphatic hydroxyl groups excluding tert-OH is 1. The minimum Gasteiger partial charge on any atom is -0.392 e. The van der Waals surface area contributed by atoms with Crippen molar-refractivity contribution in [2.45, 2.75) is 32.8 Å². The smallest absolute Gasteiger partial charge is 0.0621 e. The minimum atomic E-state index is -0.264. The number of rotatable bonds is 4. The Balaban J connectivity index is 2.50. The van der Waals surface area contributed by atoms with Crippen LogP contribution in [0.15, 0.2) is 24.4 Å². The molecule has 2 nitrogen and oxygen atoms in total. The molecule has 1 heterocycles. The van der Waals surface area contributed by atoms with Gasteiger partial charge in [0, 0.05) is 18.3 Å². The van der Waals surface area contributed by atoms with Gasteiger partial charge in [-0.2, -0.15) is 0 Å². The molecule has 13 heavy (non-hydrogen) atoms. The van der Waals surface area contributed by atoms with Gasteiger partial charge in [-0.15, -0.1) is 0 Å². The number of nitrogens with zero attached hydrogens (tertiary/aromatic N) is 1. The normalized spacial score (nSPS) is 15.3. The number of aromatic nitrogens is 1. The van der Waals surface area contributed by atoms with E-state index in [-0.39, 0.29) is 6.10 Å². The van der Waals surface area contributed by atoms with E-state index in [4.69, 9.17) is 0 Å². The van der Waals surface area contributed by atoms with Crippen molar-refractivity contribution in [3.63, 3.8) is 0 Å². The summed E-state index contributed by atoms with van der Waals surface area (Å²) < 4.78 is 0. The quantitative estimate of drug-likeness (QED) is 0.767. The Morgan fingerprint density at radius 2 is 2.23 bits per heavy atom. The van der Waals surface area contributed by atoms with E-state index < -0.39 is 0 Å². The molecule has 0 aliphatic carbocycles. The van der Waals surface area contributed by atoms with E-state index in [2.05, 4.69) is 18.8 Å². The fraction of sp³-hybridized carbons (Fsp3) is 0.545. The first kappa shape index (κ1) is 10.2. The number of pyridine rings is 1. The molecule has 1 aromatic heterocycles. The summed E-state index contributed by atoms with van der Waals surface area (Å²) in [7, 11) is 0. The molecule has 0 aromatic carbocycles. The standard InChI is InChI=1S/C11H17NO/c1-3-9(2)11(13)8-10-6-4-5-7-12-10/h4-7,9,11,13H,3,8H2,1-2H3. The number of aliphatic hydroxyl groups is 1. The van der Waals surface area contributed by atoms with Crippen molar-refractivity contribution in [1.29, 1.82) is 0 Å². The zero-order chi connectivity index (χ0) is 9.68. The summed E-state index contributed by atoms with van der Waals surface area (Å²) >= 11 is 0. The summed E-state index contributed by atoms with van der Waals surface area (Å²) in [6.07, 6.45) is 3.17. The largest absolute Gasteiger partial charge is 0.392 e. The van der Waals surface area contributed by atoms with Crippen molar-refractivity contribution >= 4 is 0 Å². The van der Waals surface area contributed by atoms with E-state index in [1.54, 1.807) is 6.20 Å². The van der Waals surface area contributed by atoms with Gasteiger partial charge < -0.3 is 5.11 Å². The molecule has 2 atom stereocenters. The van der Waals surface area contributed by atoms with Crippen molar-refractivity contribution < 1.29 is 5.11 Å². The molecule has 0 radical (unpaired) electrons. The van der Waals surface area contributed by atoms with Crippen LogP contribution in [-0.4, -0.2) is 16.2 Å². The molecule has 2 unspecified atom stereocenters. The lowest BCUT2D eigenvalue weighted by atomic mass is 9.98. The molecule has 0 saturated heterocycles. The highest BCUT2D eigenvalue weighted by molar-refractivity contribution is 5.04. The molecular weight excluding hydrogens is 162 g/mol. The monoisotopic (exact) mass is 179 g/mol. The summed E-state index contributed by atoms with van der Waals surface area (Å²) in [5, 5.41) is 9.73. The second-order valence-electron chi connectivity index (χ2n) is 3.48. The predicted octanol–water partition coefficient (Wildman–Crippen LogP) is 2.03. The summed E-state index contributed by atoms with van der Waals surface area (Å²) in [6.45, 7) is 4.15. The molecule has 0 bridgehead atoms. The molecule has 1 aromatic rings. The lowest BCUT2D eigenvalue weighted by Gasteiger charge is -2.16. The molecule has 1 rings (SSSR count). The van der Waals surface area contributed by atoms with Crippen LogP contribution in [0.25, 0.3) is 0 Å². The highest BCUT2D eigenvalue weighted by atomic mass is 16.3. The minimum absolute atomic E-state index is 0.264. The fourth-order valence-corrected chi connectivity index (χ4v) is 1.21. The van der Waals surface area contributed by atoms with Gasteiger partial charge in [-0.1, -0.05) is 26.3 Å². The highest BCUT2D eigenvalue weighted by Crippen LogP contribution is 2.11. The van der Waals surface area contributed by atoms with Gasteiger partial charge >= 0.3 is 0 Å². The van der Waals surface area contributed by atoms with Crippen LogP contribution in [-0.2, 0) is 6.42 Å². The molecule has 0 saturated carbocycles. The zero-order valence-corrected chi connectivity index (χ0v) is 8.27. The third-order valence-corrected chi connectivity index (χ3v) is 2.45. The first-order chi connectivity index (χ1) is 6.24. The lowest BCUT2D eigenvalue weighted by Crippen LogP contribution is -2.20. The van der Waals surface area contributed by atoms with Crippen molar-refractivity contribution in [3.8, 4) is 0 Å². The molecular formula is C11H17NO. The fourth-order valence-electron chi connectivity index (χ4n) is 1.21. The highest BCUT2D eigenvalue weighted by Gasteiger charge is 2.12. The van der Waals surface area contributed by atoms with Crippen molar-refractivity contribution in [2.24, 2.45) is 5.92 Å². The van der Waals surface area contributed by atoms with E-state index in [9.17, 15) is 5.11 Å². The summed E-state index contributed by atoms with van der Waals surface area (Å²) in [4.78, 5) is 4.18. The Bertz CT molecular complexity index is 235.